The van der Waals surface area contributed by atoms with Crippen LogP contribution in [-0.4, -0.2) is 79.2 Å². The first kappa shape index (κ1) is 24.9. The number of fused-ring (bicyclic) bond motifs is 2. The van der Waals surface area contributed by atoms with Gasteiger partial charge in [0, 0.05) is 50.6 Å². The molecule has 0 unspecified atom stereocenters. The molecule has 6 heterocycles. The number of anilines is 2. The zero-order valence-electron chi connectivity index (χ0n) is 22.0. The van der Waals surface area contributed by atoms with Crippen LogP contribution in [0.5, 0.6) is 0 Å². The largest absolute Gasteiger partial charge is 0.352 e. The summed E-state index contributed by atoms with van der Waals surface area (Å²) in [5, 5.41) is 10.3. The number of carbonyl (C=O) groups excluding carboxylic acids is 1. The number of imidazole rings is 1. The van der Waals surface area contributed by atoms with Crippen LogP contribution < -0.4 is 10.2 Å². The minimum atomic E-state index is -0.554. The van der Waals surface area contributed by atoms with Gasteiger partial charge in [-0.15, -0.1) is 0 Å². The highest BCUT2D eigenvalue weighted by Crippen LogP contribution is 2.34. The Balaban J connectivity index is 1.38. The number of H-pyrrole nitrogens is 2. The molecule has 0 aromatic carbocycles. The van der Waals surface area contributed by atoms with Gasteiger partial charge >= 0.3 is 0 Å². The Morgan fingerprint density at radius 2 is 1.92 bits per heavy atom. The number of rotatable bonds is 6. The van der Waals surface area contributed by atoms with Gasteiger partial charge < -0.3 is 20.1 Å². The molecule has 0 spiro atoms. The van der Waals surface area contributed by atoms with Gasteiger partial charge in [-0.1, -0.05) is 13.8 Å². The normalized spacial score (nSPS) is 14.5. The van der Waals surface area contributed by atoms with E-state index in [4.69, 9.17) is 4.98 Å². The molecule has 1 saturated heterocycles. The van der Waals surface area contributed by atoms with Crippen molar-refractivity contribution < 1.29 is 9.18 Å². The van der Waals surface area contributed by atoms with Crippen LogP contribution in [0.4, 0.5) is 15.9 Å². The molecular formula is C27H29FN10O. The third kappa shape index (κ3) is 4.78. The van der Waals surface area contributed by atoms with Crippen molar-refractivity contribution in [1.82, 2.24) is 40.0 Å². The summed E-state index contributed by atoms with van der Waals surface area (Å²) in [6.45, 7) is 7.53. The molecule has 12 heteroatoms. The van der Waals surface area contributed by atoms with Crippen molar-refractivity contribution in [3.8, 4) is 22.8 Å². The van der Waals surface area contributed by atoms with Crippen LogP contribution in [0.3, 0.4) is 0 Å². The molecule has 6 rings (SSSR count). The standard InChI is InChI=1S/C27H29FN10O/c1-15(2)10-20(39)32-17-11-16(12-29-13-17)23-22(28)21-19(14-31-23)35-36-25(21)26-33-18-4-5-30-27(24(18)34-26)38-8-6-37(3)7-9-38/h4-5,11-15H,6-10H2,1-3H3,(H,32,39)(H,33,34)(H,35,36). The Morgan fingerprint density at radius 1 is 1.10 bits per heavy atom. The molecule has 1 fully saturated rings. The number of halogens is 1. The van der Waals surface area contributed by atoms with Crippen molar-refractivity contribution in [2.75, 3.05) is 43.4 Å². The molecule has 1 aliphatic rings. The maximum Gasteiger partial charge on any atom is 0.224 e. The van der Waals surface area contributed by atoms with Gasteiger partial charge in [0.05, 0.1) is 34.5 Å². The lowest BCUT2D eigenvalue weighted by Gasteiger charge is -2.33. The molecule has 0 aliphatic carbocycles. The van der Waals surface area contributed by atoms with Gasteiger partial charge in [-0.25, -0.2) is 14.4 Å². The maximum atomic E-state index is 16.1. The van der Waals surface area contributed by atoms with Gasteiger partial charge in [-0.05, 0) is 25.1 Å². The predicted molar refractivity (Wildman–Crippen MR) is 148 cm³/mol. The fraction of sp³-hybridized carbons (Fsp3) is 0.333. The van der Waals surface area contributed by atoms with Crippen molar-refractivity contribution in [2.45, 2.75) is 20.3 Å². The number of likely N-dealkylation sites (N-methyl/N-ethyl adjacent to an activating group) is 1. The van der Waals surface area contributed by atoms with Gasteiger partial charge in [-0.3, -0.25) is 19.9 Å². The summed E-state index contributed by atoms with van der Waals surface area (Å²) in [7, 11) is 2.10. The monoisotopic (exact) mass is 528 g/mol. The SMILES string of the molecule is CC(C)CC(=O)Nc1cncc(-c2ncc3[nH]nc(-c4nc5c(N6CCN(C)CC6)nccc5[nH]4)c3c2F)c1. The highest BCUT2D eigenvalue weighted by atomic mass is 19.1. The third-order valence-electron chi connectivity index (χ3n) is 6.84. The van der Waals surface area contributed by atoms with E-state index in [1.165, 1.54) is 18.6 Å². The maximum absolute atomic E-state index is 16.1. The van der Waals surface area contributed by atoms with E-state index in [2.05, 4.69) is 52.3 Å². The van der Waals surface area contributed by atoms with Gasteiger partial charge in [0.1, 0.15) is 16.9 Å². The van der Waals surface area contributed by atoms with Crippen molar-refractivity contribution in [3.63, 3.8) is 0 Å². The topological polar surface area (TPSA) is 132 Å². The summed E-state index contributed by atoms with van der Waals surface area (Å²) in [5.41, 5.74) is 3.34. The highest BCUT2D eigenvalue weighted by Gasteiger charge is 2.23. The van der Waals surface area contributed by atoms with E-state index in [9.17, 15) is 4.79 Å². The van der Waals surface area contributed by atoms with Gasteiger partial charge in [0.25, 0.3) is 0 Å². The molecule has 5 aromatic rings. The Hall–Kier alpha value is -4.45. The number of aromatic nitrogens is 7. The van der Waals surface area contributed by atoms with Crippen molar-refractivity contribution in [1.29, 1.82) is 0 Å². The zero-order valence-corrected chi connectivity index (χ0v) is 22.0. The minimum Gasteiger partial charge on any atom is -0.352 e. The smallest absolute Gasteiger partial charge is 0.224 e. The lowest BCUT2D eigenvalue weighted by atomic mass is 10.1. The molecule has 39 heavy (non-hydrogen) atoms. The Morgan fingerprint density at radius 3 is 2.72 bits per heavy atom. The predicted octanol–water partition coefficient (Wildman–Crippen LogP) is 3.83. The number of nitrogens with one attached hydrogen (secondary N) is 3. The summed E-state index contributed by atoms with van der Waals surface area (Å²) in [5.74, 6) is 0.771. The summed E-state index contributed by atoms with van der Waals surface area (Å²) in [6, 6.07) is 3.52. The molecule has 3 N–H and O–H groups in total. The minimum absolute atomic E-state index is 0.105. The first-order chi connectivity index (χ1) is 18.9. The van der Waals surface area contributed by atoms with Crippen molar-refractivity contribution in [3.05, 3.63) is 42.7 Å². The van der Waals surface area contributed by atoms with Crippen LogP contribution in [-0.2, 0) is 4.79 Å². The van der Waals surface area contributed by atoms with Crippen LogP contribution in [0.1, 0.15) is 20.3 Å². The van der Waals surface area contributed by atoms with Crippen molar-refractivity contribution >= 4 is 39.3 Å². The van der Waals surface area contributed by atoms with E-state index < -0.39 is 5.82 Å². The fourth-order valence-electron chi connectivity index (χ4n) is 4.85. The third-order valence-corrected chi connectivity index (χ3v) is 6.84. The summed E-state index contributed by atoms with van der Waals surface area (Å²) in [4.78, 5) is 38.0. The first-order valence-electron chi connectivity index (χ1n) is 12.9. The molecule has 1 aliphatic heterocycles. The molecule has 1 amide bonds. The number of nitrogens with zero attached hydrogens (tertiary/aromatic N) is 7. The molecule has 0 atom stereocenters. The molecular weight excluding hydrogens is 499 g/mol. The second kappa shape index (κ2) is 10.0. The highest BCUT2D eigenvalue weighted by molar-refractivity contribution is 5.97. The van der Waals surface area contributed by atoms with E-state index >= 15 is 4.39 Å². The van der Waals surface area contributed by atoms with E-state index in [1.807, 2.05) is 19.9 Å². The molecule has 5 aromatic heterocycles. The Labute approximate surface area is 223 Å². The number of amides is 1. The van der Waals surface area contributed by atoms with E-state index in [0.717, 1.165) is 43.0 Å². The van der Waals surface area contributed by atoms with Gasteiger partial charge in [-0.2, -0.15) is 5.10 Å². The second-order valence-electron chi connectivity index (χ2n) is 10.3. The molecule has 0 radical (unpaired) electrons. The lowest BCUT2D eigenvalue weighted by molar-refractivity contribution is -0.116. The lowest BCUT2D eigenvalue weighted by Crippen LogP contribution is -2.44. The zero-order chi connectivity index (χ0) is 27.1. The molecule has 200 valence electrons. The second-order valence-corrected chi connectivity index (χ2v) is 10.3. The molecule has 0 saturated carbocycles. The van der Waals surface area contributed by atoms with E-state index in [-0.39, 0.29) is 22.9 Å². The van der Waals surface area contributed by atoms with Crippen LogP contribution >= 0.6 is 0 Å². The fourth-order valence-corrected chi connectivity index (χ4v) is 4.85. The Kier molecular flexibility index (Phi) is 6.39. The van der Waals surface area contributed by atoms with E-state index in [1.54, 1.807) is 12.3 Å². The summed E-state index contributed by atoms with van der Waals surface area (Å²) < 4.78 is 16.1. The van der Waals surface area contributed by atoms with E-state index in [0.29, 0.717) is 34.7 Å². The average Bonchev–Trinajstić information content (AvgIpc) is 3.54. The van der Waals surface area contributed by atoms with Gasteiger partial charge in [0.2, 0.25) is 5.91 Å². The quantitative estimate of drug-likeness (QED) is 0.303. The molecule has 0 bridgehead atoms. The first-order valence-corrected chi connectivity index (χ1v) is 12.9. The number of carbonyl (C=O) groups is 1. The number of pyridine rings is 3. The van der Waals surface area contributed by atoms with Crippen molar-refractivity contribution in [2.24, 2.45) is 5.92 Å². The van der Waals surface area contributed by atoms with Gasteiger partial charge in [0.15, 0.2) is 17.5 Å². The van der Waals surface area contributed by atoms with Crippen LogP contribution in [0.25, 0.3) is 44.7 Å². The van der Waals surface area contributed by atoms with Crippen LogP contribution in [0, 0.1) is 11.7 Å². The average molecular weight is 529 g/mol. The van der Waals surface area contributed by atoms with Crippen LogP contribution in [0.2, 0.25) is 0 Å². The number of aromatic amines is 2. The molecule has 11 nitrogen and oxygen atoms in total. The van der Waals surface area contributed by atoms with Crippen LogP contribution in [0.15, 0.2) is 36.9 Å². The number of hydrogen-bond acceptors (Lipinski definition) is 8. The number of hydrogen-bond donors (Lipinski definition) is 3. The summed E-state index contributed by atoms with van der Waals surface area (Å²) in [6.07, 6.45) is 6.72. The Bertz CT molecular complexity index is 1670. The number of piperazine rings is 1. The summed E-state index contributed by atoms with van der Waals surface area (Å²) >= 11 is 0.